The average Bonchev–Trinajstić information content (AvgIpc) is 3.75. The monoisotopic (exact) mass is 684 g/mol. The average molecular weight is 685 g/mol. The Morgan fingerprint density at radius 1 is 1.02 bits per heavy atom. The van der Waals surface area contributed by atoms with Crippen molar-refractivity contribution in [2.24, 2.45) is 5.16 Å². The first kappa shape index (κ1) is 35.0. The van der Waals surface area contributed by atoms with Gasteiger partial charge in [-0.25, -0.2) is 18.4 Å². The molecular formula is C34H42F2N4O7Si. The predicted molar refractivity (Wildman–Crippen MR) is 179 cm³/mol. The number of benzene rings is 2. The lowest BCUT2D eigenvalue weighted by molar-refractivity contribution is 0.0427. The molecule has 2 amide bonds. The SMILES string of the molecule is CC(C)(C)OC(=O)N(C[C@H]1CN(c2ccc(-c3ccc(C4=NOC(CO[Si](C)(C)C(C)(C)C)C4)cc3F)c(F)c2)C(=O)O1)c1ccon1. The van der Waals surface area contributed by atoms with Crippen LogP contribution in [-0.4, -0.2) is 68.9 Å². The number of anilines is 2. The molecule has 0 spiro atoms. The van der Waals surface area contributed by atoms with Gasteiger partial charge in [0, 0.05) is 29.2 Å². The van der Waals surface area contributed by atoms with Crippen molar-refractivity contribution in [2.75, 3.05) is 29.5 Å². The summed E-state index contributed by atoms with van der Waals surface area (Å²) in [5.74, 6) is -1.17. The highest BCUT2D eigenvalue weighted by Gasteiger charge is 2.39. The highest BCUT2D eigenvalue weighted by molar-refractivity contribution is 6.74. The zero-order valence-corrected chi connectivity index (χ0v) is 29.5. The minimum absolute atomic E-state index is 0.0178. The van der Waals surface area contributed by atoms with Crippen LogP contribution in [-0.2, 0) is 18.7 Å². The molecule has 1 fully saturated rings. The second kappa shape index (κ2) is 13.3. The van der Waals surface area contributed by atoms with Gasteiger partial charge in [-0.15, -0.1) is 0 Å². The number of amides is 2. The van der Waals surface area contributed by atoms with E-state index in [0.29, 0.717) is 24.3 Å². The first-order valence-electron chi connectivity index (χ1n) is 15.8. The van der Waals surface area contributed by atoms with Crippen LogP contribution >= 0.6 is 0 Å². The molecule has 0 saturated carbocycles. The van der Waals surface area contributed by atoms with Crippen LogP contribution in [0.1, 0.15) is 53.5 Å². The molecule has 2 atom stereocenters. The number of aromatic nitrogens is 1. The molecule has 258 valence electrons. The zero-order valence-electron chi connectivity index (χ0n) is 28.5. The molecule has 2 aliphatic rings. The zero-order chi connectivity index (χ0) is 35.0. The number of hydrogen-bond acceptors (Lipinski definition) is 9. The fraction of sp³-hybridized carbons (Fsp3) is 0.471. The summed E-state index contributed by atoms with van der Waals surface area (Å²) in [4.78, 5) is 33.7. The molecule has 2 aromatic carbocycles. The summed E-state index contributed by atoms with van der Waals surface area (Å²) >= 11 is 0. The van der Waals surface area contributed by atoms with E-state index in [1.54, 1.807) is 26.8 Å². The quantitative estimate of drug-likeness (QED) is 0.209. The van der Waals surface area contributed by atoms with Gasteiger partial charge in [0.25, 0.3) is 0 Å². The summed E-state index contributed by atoms with van der Waals surface area (Å²) in [5.41, 5.74) is 0.658. The van der Waals surface area contributed by atoms with E-state index < -0.39 is 43.8 Å². The Morgan fingerprint density at radius 3 is 2.31 bits per heavy atom. The first-order valence-corrected chi connectivity index (χ1v) is 18.7. The number of oxime groups is 1. The van der Waals surface area contributed by atoms with E-state index in [0.717, 1.165) is 6.07 Å². The third kappa shape index (κ3) is 7.87. The van der Waals surface area contributed by atoms with Gasteiger partial charge in [-0.2, -0.15) is 0 Å². The van der Waals surface area contributed by atoms with Crippen molar-refractivity contribution in [1.29, 1.82) is 0 Å². The molecule has 1 unspecified atom stereocenters. The van der Waals surface area contributed by atoms with Crippen molar-refractivity contribution in [3.05, 3.63) is 65.9 Å². The molecule has 0 N–H and O–H groups in total. The summed E-state index contributed by atoms with van der Waals surface area (Å²) in [7, 11) is -1.96. The van der Waals surface area contributed by atoms with E-state index in [2.05, 4.69) is 44.2 Å². The maximum absolute atomic E-state index is 15.5. The topological polar surface area (TPSA) is 116 Å². The minimum atomic E-state index is -1.96. The van der Waals surface area contributed by atoms with E-state index in [1.165, 1.54) is 46.4 Å². The second-order valence-electron chi connectivity index (χ2n) is 14.5. The fourth-order valence-electron chi connectivity index (χ4n) is 4.96. The van der Waals surface area contributed by atoms with Gasteiger partial charge in [0.05, 0.1) is 31.1 Å². The summed E-state index contributed by atoms with van der Waals surface area (Å²) in [6, 6.07) is 10.1. The van der Waals surface area contributed by atoms with Crippen LogP contribution in [0.2, 0.25) is 18.1 Å². The van der Waals surface area contributed by atoms with E-state index in [1.807, 2.05) is 0 Å². The van der Waals surface area contributed by atoms with Crippen LogP contribution in [0.5, 0.6) is 0 Å². The van der Waals surface area contributed by atoms with Gasteiger partial charge in [0.2, 0.25) is 0 Å². The highest BCUT2D eigenvalue weighted by atomic mass is 28.4. The Hall–Kier alpha value is -4.30. The summed E-state index contributed by atoms with van der Waals surface area (Å²) < 4.78 is 53.0. The van der Waals surface area contributed by atoms with Crippen molar-refractivity contribution in [1.82, 2.24) is 5.16 Å². The summed E-state index contributed by atoms with van der Waals surface area (Å²) in [6.07, 6.45) is -0.689. The summed E-state index contributed by atoms with van der Waals surface area (Å²) in [6.45, 7) is 16.3. The van der Waals surface area contributed by atoms with Crippen molar-refractivity contribution < 1.29 is 41.6 Å². The molecule has 0 aliphatic carbocycles. The molecule has 1 aromatic heterocycles. The lowest BCUT2D eigenvalue weighted by atomic mass is 9.99. The van der Waals surface area contributed by atoms with Crippen LogP contribution in [0.15, 0.2) is 58.4 Å². The third-order valence-corrected chi connectivity index (χ3v) is 13.1. The number of ether oxygens (including phenoxy) is 2. The number of carbonyl (C=O) groups excluding carboxylic acids is 2. The molecular weight excluding hydrogens is 642 g/mol. The smallest absolute Gasteiger partial charge is 0.416 e. The van der Waals surface area contributed by atoms with Gasteiger partial charge in [-0.3, -0.25) is 9.80 Å². The Morgan fingerprint density at radius 2 is 1.71 bits per heavy atom. The number of nitrogens with zero attached hydrogens (tertiary/aromatic N) is 4. The van der Waals surface area contributed by atoms with E-state index >= 15 is 8.78 Å². The lowest BCUT2D eigenvalue weighted by Gasteiger charge is -2.36. The maximum atomic E-state index is 15.5. The number of halogens is 2. The van der Waals surface area contributed by atoms with Crippen molar-refractivity contribution >= 4 is 37.7 Å². The molecule has 5 rings (SSSR count). The maximum Gasteiger partial charge on any atom is 0.416 e. The van der Waals surface area contributed by atoms with E-state index in [-0.39, 0.29) is 46.9 Å². The van der Waals surface area contributed by atoms with Gasteiger partial charge in [-0.05, 0) is 63.2 Å². The van der Waals surface area contributed by atoms with Crippen LogP contribution in [0.4, 0.5) is 29.9 Å². The van der Waals surface area contributed by atoms with Gasteiger partial charge in [0.15, 0.2) is 20.2 Å². The van der Waals surface area contributed by atoms with Crippen molar-refractivity contribution in [3.8, 4) is 11.1 Å². The highest BCUT2D eigenvalue weighted by Crippen LogP contribution is 2.37. The van der Waals surface area contributed by atoms with Gasteiger partial charge in [0.1, 0.15) is 29.6 Å². The Kier molecular flexibility index (Phi) is 9.71. The number of rotatable bonds is 9. The van der Waals surface area contributed by atoms with Gasteiger partial charge in [-0.1, -0.05) is 43.2 Å². The molecule has 0 radical (unpaired) electrons. The van der Waals surface area contributed by atoms with Crippen LogP contribution in [0, 0.1) is 11.6 Å². The molecule has 48 heavy (non-hydrogen) atoms. The summed E-state index contributed by atoms with van der Waals surface area (Å²) in [5, 5.41) is 8.04. The van der Waals surface area contributed by atoms with Crippen molar-refractivity contribution in [2.45, 2.75) is 83.9 Å². The standard InChI is InChI=1S/C34H42F2N4O7Si/c1-33(2,3)46-32(42)40(30-13-14-43-38-30)19-24-18-39(31(41)45-24)22-10-12-26(28(36)16-22)25-11-9-21(15-27(25)35)29-17-23(47-37-29)20-44-48(7,8)34(4,5)6/h9-16,23-24H,17-20H2,1-8H3/t23?,24-/m1/s1. The van der Waals surface area contributed by atoms with E-state index in [9.17, 15) is 9.59 Å². The Bertz CT molecular complexity index is 1690. The minimum Gasteiger partial charge on any atom is -0.443 e. The molecule has 1 saturated heterocycles. The number of hydrogen-bond donors (Lipinski definition) is 0. The molecule has 3 aromatic rings. The molecule has 3 heterocycles. The van der Waals surface area contributed by atoms with Crippen molar-refractivity contribution in [3.63, 3.8) is 0 Å². The number of cyclic esters (lactones) is 1. The lowest BCUT2D eigenvalue weighted by Crippen LogP contribution is -2.42. The van der Waals surface area contributed by atoms with Crippen LogP contribution in [0.3, 0.4) is 0 Å². The van der Waals surface area contributed by atoms with Gasteiger partial charge < -0.3 is 23.3 Å². The fourth-order valence-corrected chi connectivity index (χ4v) is 6.00. The predicted octanol–water partition coefficient (Wildman–Crippen LogP) is 7.90. The normalized spacial score (nSPS) is 18.4. The first-order chi connectivity index (χ1) is 22.4. The largest absolute Gasteiger partial charge is 0.443 e. The molecule has 2 aliphatic heterocycles. The number of carbonyl (C=O) groups is 2. The van der Waals surface area contributed by atoms with Gasteiger partial charge >= 0.3 is 12.2 Å². The molecule has 11 nitrogen and oxygen atoms in total. The third-order valence-electron chi connectivity index (χ3n) is 8.60. The second-order valence-corrected chi connectivity index (χ2v) is 19.3. The van der Waals surface area contributed by atoms with Crippen LogP contribution in [0.25, 0.3) is 11.1 Å². The molecule has 0 bridgehead atoms. The Labute approximate surface area is 279 Å². The van der Waals surface area contributed by atoms with E-state index in [4.69, 9.17) is 23.3 Å². The van der Waals surface area contributed by atoms with Crippen LogP contribution < -0.4 is 9.80 Å². The molecule has 14 heteroatoms. The Balaban J connectivity index is 1.24.